The molecule has 1 fully saturated rings. The smallest absolute Gasteiger partial charge is 0.331 e. The van der Waals surface area contributed by atoms with Crippen molar-refractivity contribution in [1.82, 2.24) is 0 Å². The summed E-state index contributed by atoms with van der Waals surface area (Å²) in [6, 6.07) is 0. The van der Waals surface area contributed by atoms with Crippen LogP contribution in [0.2, 0.25) is 0 Å². The van der Waals surface area contributed by atoms with Crippen molar-refractivity contribution in [3.63, 3.8) is 0 Å². The van der Waals surface area contributed by atoms with Crippen molar-refractivity contribution in [3.05, 3.63) is 11.6 Å². The number of carboxylic acid groups (broad SMARTS) is 1. The van der Waals surface area contributed by atoms with Crippen LogP contribution in [-0.2, 0) is 9.53 Å². The van der Waals surface area contributed by atoms with Crippen LogP contribution in [0.25, 0.3) is 0 Å². The van der Waals surface area contributed by atoms with E-state index in [0.29, 0.717) is 5.57 Å². The molecule has 1 aliphatic carbocycles. The van der Waals surface area contributed by atoms with Gasteiger partial charge in [-0.2, -0.15) is 0 Å². The van der Waals surface area contributed by atoms with Crippen molar-refractivity contribution in [3.8, 4) is 0 Å². The van der Waals surface area contributed by atoms with Gasteiger partial charge in [-0.15, -0.1) is 0 Å². The van der Waals surface area contributed by atoms with Crippen LogP contribution in [0, 0.1) is 5.41 Å². The number of ether oxygens (including phenoxy) is 1. The van der Waals surface area contributed by atoms with Crippen LogP contribution < -0.4 is 0 Å². The number of allylic oxidation sites excluding steroid dienone is 1. The quantitative estimate of drug-likeness (QED) is 0.669. The Morgan fingerprint density at radius 2 is 2.08 bits per heavy atom. The number of aliphatic carboxylic acids is 1. The van der Waals surface area contributed by atoms with Crippen LogP contribution in [0.15, 0.2) is 11.6 Å². The van der Waals surface area contributed by atoms with Gasteiger partial charge in [-0.05, 0) is 31.1 Å². The summed E-state index contributed by atoms with van der Waals surface area (Å²) >= 11 is 0. The van der Waals surface area contributed by atoms with E-state index in [2.05, 4.69) is 0 Å². The van der Waals surface area contributed by atoms with Crippen molar-refractivity contribution in [1.29, 1.82) is 0 Å². The SMILES string of the molecule is O=C(O)C1=CC2(CCOCC2)CC1. The molecule has 0 atom stereocenters. The maximum atomic E-state index is 10.7. The van der Waals surface area contributed by atoms with Gasteiger partial charge in [0.15, 0.2) is 0 Å². The predicted octanol–water partition coefficient (Wildman–Crippen LogP) is 1.59. The fourth-order valence-electron chi connectivity index (χ4n) is 2.24. The van der Waals surface area contributed by atoms with Gasteiger partial charge in [0.1, 0.15) is 0 Å². The number of carboxylic acids is 1. The third kappa shape index (κ3) is 1.61. The molecule has 1 heterocycles. The van der Waals surface area contributed by atoms with E-state index in [0.717, 1.165) is 38.9 Å². The standard InChI is InChI=1S/C10H14O3/c11-9(12)8-1-2-10(7-8)3-5-13-6-4-10/h7H,1-6H2,(H,11,12). The van der Waals surface area contributed by atoms with Crippen molar-refractivity contribution in [2.24, 2.45) is 5.41 Å². The summed E-state index contributed by atoms with van der Waals surface area (Å²) in [5.74, 6) is -0.747. The van der Waals surface area contributed by atoms with E-state index in [4.69, 9.17) is 9.84 Å². The van der Waals surface area contributed by atoms with Gasteiger partial charge in [0.2, 0.25) is 0 Å². The third-order valence-corrected chi connectivity index (χ3v) is 3.14. The van der Waals surface area contributed by atoms with Crippen molar-refractivity contribution in [2.45, 2.75) is 25.7 Å². The number of rotatable bonds is 1. The molecule has 2 aliphatic rings. The second-order valence-corrected chi connectivity index (χ2v) is 3.95. The van der Waals surface area contributed by atoms with E-state index >= 15 is 0 Å². The summed E-state index contributed by atoms with van der Waals surface area (Å²) in [6.07, 6.45) is 5.68. The Hall–Kier alpha value is -0.830. The molecule has 0 aromatic rings. The molecular weight excluding hydrogens is 168 g/mol. The third-order valence-electron chi connectivity index (χ3n) is 3.14. The van der Waals surface area contributed by atoms with Gasteiger partial charge in [0, 0.05) is 18.8 Å². The second kappa shape index (κ2) is 3.14. The lowest BCUT2D eigenvalue weighted by Gasteiger charge is -2.31. The van der Waals surface area contributed by atoms with Gasteiger partial charge < -0.3 is 9.84 Å². The van der Waals surface area contributed by atoms with Gasteiger partial charge in [0.05, 0.1) is 0 Å². The van der Waals surface area contributed by atoms with Gasteiger partial charge in [0.25, 0.3) is 0 Å². The first-order valence-corrected chi connectivity index (χ1v) is 4.75. The summed E-state index contributed by atoms with van der Waals surface area (Å²) in [5, 5.41) is 8.83. The monoisotopic (exact) mass is 182 g/mol. The number of hydrogen-bond acceptors (Lipinski definition) is 2. The molecule has 1 N–H and O–H groups in total. The molecule has 0 bridgehead atoms. The van der Waals surface area contributed by atoms with Crippen molar-refractivity contribution >= 4 is 5.97 Å². The van der Waals surface area contributed by atoms with Crippen molar-refractivity contribution in [2.75, 3.05) is 13.2 Å². The lowest BCUT2D eigenvalue weighted by molar-refractivity contribution is -0.132. The molecule has 0 saturated carbocycles. The fraction of sp³-hybridized carbons (Fsp3) is 0.700. The van der Waals surface area contributed by atoms with Crippen LogP contribution in [0.1, 0.15) is 25.7 Å². The van der Waals surface area contributed by atoms with Crippen molar-refractivity contribution < 1.29 is 14.6 Å². The summed E-state index contributed by atoms with van der Waals surface area (Å²) < 4.78 is 5.28. The highest BCUT2D eigenvalue weighted by atomic mass is 16.5. The zero-order valence-electron chi connectivity index (χ0n) is 7.58. The summed E-state index contributed by atoms with van der Waals surface area (Å²) in [6.45, 7) is 1.56. The molecule has 1 aliphatic heterocycles. The van der Waals surface area contributed by atoms with E-state index in [1.165, 1.54) is 0 Å². The Bertz CT molecular complexity index is 249. The van der Waals surface area contributed by atoms with E-state index in [9.17, 15) is 4.79 Å². The highest BCUT2D eigenvalue weighted by molar-refractivity contribution is 5.87. The van der Waals surface area contributed by atoms with Crippen LogP contribution in [0.3, 0.4) is 0 Å². The molecule has 3 nitrogen and oxygen atoms in total. The van der Waals surface area contributed by atoms with Crippen LogP contribution in [0.4, 0.5) is 0 Å². The van der Waals surface area contributed by atoms with E-state index in [-0.39, 0.29) is 5.41 Å². The minimum absolute atomic E-state index is 0.159. The maximum absolute atomic E-state index is 10.7. The Morgan fingerprint density at radius 1 is 1.38 bits per heavy atom. The molecular formula is C10H14O3. The molecule has 72 valence electrons. The molecule has 0 aromatic carbocycles. The second-order valence-electron chi connectivity index (χ2n) is 3.95. The van der Waals surface area contributed by atoms with E-state index in [1.807, 2.05) is 6.08 Å². The molecule has 0 aromatic heterocycles. The lowest BCUT2D eigenvalue weighted by Crippen LogP contribution is -2.25. The summed E-state index contributed by atoms with van der Waals surface area (Å²) in [4.78, 5) is 10.7. The maximum Gasteiger partial charge on any atom is 0.331 e. The molecule has 3 heteroatoms. The average molecular weight is 182 g/mol. The first-order chi connectivity index (χ1) is 6.22. The predicted molar refractivity (Wildman–Crippen MR) is 47.4 cm³/mol. The molecule has 13 heavy (non-hydrogen) atoms. The van der Waals surface area contributed by atoms with Crippen LogP contribution in [0.5, 0.6) is 0 Å². The molecule has 1 spiro atoms. The number of hydrogen-bond donors (Lipinski definition) is 1. The normalized spacial score (nSPS) is 26.0. The Morgan fingerprint density at radius 3 is 2.62 bits per heavy atom. The van der Waals surface area contributed by atoms with Gasteiger partial charge in [-0.25, -0.2) is 4.79 Å². The summed E-state index contributed by atoms with van der Waals surface area (Å²) in [7, 11) is 0. The number of carbonyl (C=O) groups is 1. The molecule has 0 radical (unpaired) electrons. The van der Waals surface area contributed by atoms with E-state index < -0.39 is 5.97 Å². The van der Waals surface area contributed by atoms with Gasteiger partial charge in [-0.3, -0.25) is 0 Å². The molecule has 1 saturated heterocycles. The Balaban J connectivity index is 2.13. The topological polar surface area (TPSA) is 46.5 Å². The first kappa shape index (κ1) is 8.75. The minimum Gasteiger partial charge on any atom is -0.478 e. The minimum atomic E-state index is -0.747. The van der Waals surface area contributed by atoms with Gasteiger partial charge in [-0.1, -0.05) is 6.08 Å². The molecule has 0 amide bonds. The first-order valence-electron chi connectivity index (χ1n) is 4.75. The zero-order valence-corrected chi connectivity index (χ0v) is 7.58. The zero-order chi connectivity index (χ0) is 9.31. The molecule has 0 unspecified atom stereocenters. The highest BCUT2D eigenvalue weighted by Crippen LogP contribution is 2.43. The fourth-order valence-corrected chi connectivity index (χ4v) is 2.24. The summed E-state index contributed by atoms with van der Waals surface area (Å²) in [5.41, 5.74) is 0.758. The Kier molecular flexibility index (Phi) is 2.12. The van der Waals surface area contributed by atoms with Crippen LogP contribution >= 0.6 is 0 Å². The average Bonchev–Trinajstić information content (AvgIpc) is 2.51. The highest BCUT2D eigenvalue weighted by Gasteiger charge is 2.36. The lowest BCUT2D eigenvalue weighted by atomic mass is 9.80. The van der Waals surface area contributed by atoms with Gasteiger partial charge >= 0.3 is 5.97 Å². The largest absolute Gasteiger partial charge is 0.478 e. The van der Waals surface area contributed by atoms with E-state index in [1.54, 1.807) is 0 Å². The Labute approximate surface area is 77.4 Å². The molecule has 2 rings (SSSR count). The van der Waals surface area contributed by atoms with Crippen LogP contribution in [-0.4, -0.2) is 24.3 Å².